The Morgan fingerprint density at radius 3 is 2.72 bits per heavy atom. The van der Waals surface area contributed by atoms with Gasteiger partial charge < -0.3 is 14.1 Å². The van der Waals surface area contributed by atoms with Crippen molar-refractivity contribution < 1.29 is 14.3 Å². The Labute approximate surface area is 171 Å². The monoisotopic (exact) mass is 402 g/mol. The van der Waals surface area contributed by atoms with Gasteiger partial charge >= 0.3 is 5.97 Å². The molecule has 142 valence electrons. The van der Waals surface area contributed by atoms with Crippen LogP contribution < -0.4 is 0 Å². The number of nitrogens with zero attached hydrogens (tertiary/aromatic N) is 2. The Balaban J connectivity index is 1.77. The average molecular weight is 403 g/mol. The van der Waals surface area contributed by atoms with Crippen LogP contribution in [0.3, 0.4) is 0 Å². The number of para-hydroxylation sites is 1. The van der Waals surface area contributed by atoms with Gasteiger partial charge in [-0.1, -0.05) is 41.9 Å². The van der Waals surface area contributed by atoms with Gasteiger partial charge in [-0.05, 0) is 42.0 Å². The van der Waals surface area contributed by atoms with Crippen molar-refractivity contribution in [3.63, 3.8) is 0 Å². The van der Waals surface area contributed by atoms with Crippen molar-refractivity contribution in [3.05, 3.63) is 94.5 Å². The summed E-state index contributed by atoms with van der Waals surface area (Å²) in [5, 5.41) is 20.3. The molecule has 2 aromatic carbocycles. The summed E-state index contributed by atoms with van der Waals surface area (Å²) in [6, 6.07) is 20.3. The molecule has 29 heavy (non-hydrogen) atoms. The zero-order valence-electron chi connectivity index (χ0n) is 15.2. The van der Waals surface area contributed by atoms with E-state index in [1.807, 2.05) is 53.2 Å². The highest BCUT2D eigenvalue weighted by Crippen LogP contribution is 2.28. The van der Waals surface area contributed by atoms with Crippen LogP contribution >= 0.6 is 11.6 Å². The molecule has 0 unspecified atom stereocenters. The van der Waals surface area contributed by atoms with Crippen molar-refractivity contribution in [2.24, 2.45) is 0 Å². The normalized spacial score (nSPS) is 11.5. The van der Waals surface area contributed by atoms with Crippen molar-refractivity contribution >= 4 is 40.1 Å². The summed E-state index contributed by atoms with van der Waals surface area (Å²) in [6.45, 7) is 0.376. The molecule has 0 aliphatic rings. The molecular weight excluding hydrogens is 388 g/mol. The SMILES string of the molecule is N#C/C(=C/c1cn(Cc2ccc(C(=O)O)o2)c2ccccc12)c1cccc(Cl)c1. The summed E-state index contributed by atoms with van der Waals surface area (Å²) in [4.78, 5) is 11.0. The minimum Gasteiger partial charge on any atom is -0.475 e. The number of hydrogen-bond acceptors (Lipinski definition) is 3. The van der Waals surface area contributed by atoms with Gasteiger partial charge in [-0.3, -0.25) is 0 Å². The van der Waals surface area contributed by atoms with Gasteiger partial charge in [0.15, 0.2) is 0 Å². The number of rotatable bonds is 5. The minimum atomic E-state index is -1.10. The Kier molecular flexibility index (Phi) is 4.94. The molecule has 0 spiro atoms. The van der Waals surface area contributed by atoms with E-state index in [0.717, 1.165) is 22.0 Å². The van der Waals surface area contributed by atoms with E-state index in [0.29, 0.717) is 22.9 Å². The van der Waals surface area contributed by atoms with Crippen molar-refractivity contribution in [1.82, 2.24) is 4.57 Å². The molecule has 6 heteroatoms. The number of carboxylic acids is 1. The molecule has 0 saturated carbocycles. The summed E-state index contributed by atoms with van der Waals surface area (Å²) in [5.74, 6) is -0.657. The summed E-state index contributed by atoms with van der Waals surface area (Å²) in [7, 11) is 0. The highest BCUT2D eigenvalue weighted by atomic mass is 35.5. The second-order valence-corrected chi connectivity index (χ2v) is 6.92. The van der Waals surface area contributed by atoms with E-state index in [9.17, 15) is 10.1 Å². The Hall–Kier alpha value is -3.75. The third-order valence-corrected chi connectivity index (χ3v) is 4.81. The third kappa shape index (κ3) is 3.79. The lowest BCUT2D eigenvalue weighted by molar-refractivity contribution is 0.0660. The second-order valence-electron chi connectivity index (χ2n) is 6.48. The Bertz CT molecular complexity index is 1290. The molecule has 0 saturated heterocycles. The molecule has 4 rings (SSSR count). The number of hydrogen-bond donors (Lipinski definition) is 1. The molecule has 5 nitrogen and oxygen atoms in total. The predicted molar refractivity (Wildman–Crippen MR) is 112 cm³/mol. The van der Waals surface area contributed by atoms with Gasteiger partial charge in [0, 0.05) is 27.7 Å². The van der Waals surface area contributed by atoms with Crippen LogP contribution in [0.5, 0.6) is 0 Å². The van der Waals surface area contributed by atoms with Gasteiger partial charge in [0.05, 0.1) is 18.2 Å². The number of furan rings is 1. The number of allylic oxidation sites excluding steroid dienone is 1. The third-order valence-electron chi connectivity index (χ3n) is 4.57. The zero-order valence-corrected chi connectivity index (χ0v) is 15.9. The van der Waals surface area contributed by atoms with Crippen molar-refractivity contribution in [1.29, 1.82) is 5.26 Å². The zero-order chi connectivity index (χ0) is 20.4. The van der Waals surface area contributed by atoms with Gasteiger partial charge in [0.25, 0.3) is 0 Å². The molecule has 2 aromatic heterocycles. The van der Waals surface area contributed by atoms with Crippen molar-refractivity contribution in [2.75, 3.05) is 0 Å². The molecule has 2 heterocycles. The van der Waals surface area contributed by atoms with E-state index in [2.05, 4.69) is 6.07 Å². The van der Waals surface area contributed by atoms with Gasteiger partial charge in [-0.15, -0.1) is 0 Å². The highest BCUT2D eigenvalue weighted by molar-refractivity contribution is 6.30. The van der Waals surface area contributed by atoms with Gasteiger partial charge in [-0.2, -0.15) is 5.26 Å². The van der Waals surface area contributed by atoms with E-state index in [1.54, 1.807) is 18.2 Å². The fourth-order valence-corrected chi connectivity index (χ4v) is 3.45. The molecule has 4 aromatic rings. The predicted octanol–water partition coefficient (Wildman–Crippen LogP) is 5.70. The maximum Gasteiger partial charge on any atom is 0.371 e. The number of aromatic carboxylic acids is 1. The van der Waals surface area contributed by atoms with Crippen LogP contribution in [0.15, 0.2) is 71.3 Å². The van der Waals surface area contributed by atoms with Crippen LogP contribution in [-0.4, -0.2) is 15.6 Å². The summed E-state index contributed by atoms with van der Waals surface area (Å²) in [6.07, 6.45) is 3.75. The van der Waals surface area contributed by atoms with E-state index in [1.165, 1.54) is 6.07 Å². The fourth-order valence-electron chi connectivity index (χ4n) is 3.26. The van der Waals surface area contributed by atoms with E-state index in [-0.39, 0.29) is 5.76 Å². The van der Waals surface area contributed by atoms with Gasteiger partial charge in [-0.25, -0.2) is 4.79 Å². The van der Waals surface area contributed by atoms with E-state index in [4.69, 9.17) is 21.1 Å². The Morgan fingerprint density at radius 2 is 2.00 bits per heavy atom. The summed E-state index contributed by atoms with van der Waals surface area (Å²) < 4.78 is 7.36. The molecule has 0 bridgehead atoms. The standard InChI is InChI=1S/C23H15ClN2O3/c24-18-5-3-4-15(11-18)16(12-25)10-17-13-26(21-7-2-1-6-20(17)21)14-19-8-9-22(29-19)23(27)28/h1-11,13H,14H2,(H,27,28)/b16-10-. The highest BCUT2D eigenvalue weighted by Gasteiger charge is 2.13. The van der Waals surface area contributed by atoms with Crippen LogP contribution in [0.25, 0.3) is 22.6 Å². The van der Waals surface area contributed by atoms with Gasteiger partial charge in [0.2, 0.25) is 5.76 Å². The van der Waals surface area contributed by atoms with E-state index >= 15 is 0 Å². The number of nitriles is 1. The maximum absolute atomic E-state index is 11.0. The first-order valence-corrected chi connectivity index (χ1v) is 9.20. The number of halogens is 1. The summed E-state index contributed by atoms with van der Waals surface area (Å²) >= 11 is 6.07. The average Bonchev–Trinajstić information content (AvgIpc) is 3.32. The summed E-state index contributed by atoms with van der Waals surface area (Å²) in [5.41, 5.74) is 3.08. The minimum absolute atomic E-state index is 0.0932. The number of aromatic nitrogens is 1. The Morgan fingerprint density at radius 1 is 1.17 bits per heavy atom. The van der Waals surface area contributed by atoms with Crippen LogP contribution in [0, 0.1) is 11.3 Å². The maximum atomic E-state index is 11.0. The van der Waals surface area contributed by atoms with Crippen LogP contribution in [0.2, 0.25) is 5.02 Å². The van der Waals surface area contributed by atoms with Crippen molar-refractivity contribution in [3.8, 4) is 6.07 Å². The molecular formula is C23H15ClN2O3. The topological polar surface area (TPSA) is 79.2 Å². The first-order valence-electron chi connectivity index (χ1n) is 8.83. The molecule has 0 amide bonds. The lowest BCUT2D eigenvalue weighted by Gasteiger charge is -2.02. The van der Waals surface area contributed by atoms with Crippen LogP contribution in [0.4, 0.5) is 0 Å². The number of fused-ring (bicyclic) bond motifs is 1. The molecule has 0 aliphatic carbocycles. The first-order chi connectivity index (χ1) is 14.0. The smallest absolute Gasteiger partial charge is 0.371 e. The second kappa shape index (κ2) is 7.70. The quantitative estimate of drug-likeness (QED) is 0.434. The largest absolute Gasteiger partial charge is 0.475 e. The lowest BCUT2D eigenvalue weighted by Crippen LogP contribution is -1.97. The molecule has 0 atom stereocenters. The van der Waals surface area contributed by atoms with Gasteiger partial charge in [0.1, 0.15) is 5.76 Å². The fraction of sp³-hybridized carbons (Fsp3) is 0.0435. The molecule has 1 N–H and O–H groups in total. The van der Waals surface area contributed by atoms with Crippen molar-refractivity contribution in [2.45, 2.75) is 6.54 Å². The number of carboxylic acid groups (broad SMARTS) is 1. The first kappa shape index (κ1) is 18.6. The number of benzene rings is 2. The van der Waals surface area contributed by atoms with Crippen LogP contribution in [-0.2, 0) is 6.54 Å². The number of carbonyl (C=O) groups is 1. The van der Waals surface area contributed by atoms with E-state index < -0.39 is 5.97 Å². The molecule has 0 fully saturated rings. The molecule has 0 radical (unpaired) electrons. The lowest BCUT2D eigenvalue weighted by atomic mass is 10.0. The molecule has 0 aliphatic heterocycles. The van der Waals surface area contributed by atoms with Crippen LogP contribution in [0.1, 0.15) is 27.4 Å².